The van der Waals surface area contributed by atoms with Crippen LogP contribution in [0.15, 0.2) is 115 Å². The van der Waals surface area contributed by atoms with Gasteiger partial charge in [0.2, 0.25) is 5.91 Å². The quantitative estimate of drug-likeness (QED) is 0.226. The summed E-state index contributed by atoms with van der Waals surface area (Å²) >= 11 is 0. The number of amides is 1. The molecule has 1 aromatic heterocycles. The van der Waals surface area contributed by atoms with Crippen molar-refractivity contribution >= 4 is 17.7 Å². The van der Waals surface area contributed by atoms with E-state index in [-0.39, 0.29) is 11.3 Å². The standard InChI is InChI=1S/C37H34N4O2/c1-4-43-30-20-18-28(19-21-30)35-31(24-41(39-35)29-10-6-5-7-11-29)27-16-14-26(15-17-27)22-23-37-36(2,3)32-12-8-9-13-33(32)40(37)25-34(42)38-37/h5-24H,4,25H2,1-3H3,(H,38,42)/b23-22+/t37-/m0/s1. The van der Waals surface area contributed by atoms with E-state index in [9.17, 15) is 4.79 Å². The number of benzene rings is 4. The van der Waals surface area contributed by atoms with Crippen LogP contribution in [-0.4, -0.2) is 34.5 Å². The van der Waals surface area contributed by atoms with Gasteiger partial charge in [0.15, 0.2) is 0 Å². The van der Waals surface area contributed by atoms with Crippen molar-refractivity contribution in [1.82, 2.24) is 15.1 Å². The number of ether oxygens (including phenoxy) is 1. The van der Waals surface area contributed by atoms with Crippen LogP contribution in [0.25, 0.3) is 34.1 Å². The van der Waals surface area contributed by atoms with Crippen LogP contribution in [-0.2, 0) is 10.2 Å². The van der Waals surface area contributed by atoms with Gasteiger partial charge < -0.3 is 15.0 Å². The van der Waals surface area contributed by atoms with E-state index in [4.69, 9.17) is 9.84 Å². The molecular weight excluding hydrogens is 532 g/mol. The monoisotopic (exact) mass is 566 g/mol. The van der Waals surface area contributed by atoms with Crippen molar-refractivity contribution in [3.8, 4) is 33.8 Å². The van der Waals surface area contributed by atoms with Gasteiger partial charge in [-0.15, -0.1) is 0 Å². The molecule has 5 aromatic rings. The first kappa shape index (κ1) is 26.8. The predicted octanol–water partition coefficient (Wildman–Crippen LogP) is 7.24. The first-order valence-corrected chi connectivity index (χ1v) is 14.8. The van der Waals surface area contributed by atoms with Crippen molar-refractivity contribution < 1.29 is 9.53 Å². The largest absolute Gasteiger partial charge is 0.494 e. The molecule has 214 valence electrons. The topological polar surface area (TPSA) is 59.4 Å². The van der Waals surface area contributed by atoms with Crippen LogP contribution in [0.5, 0.6) is 5.75 Å². The Labute approximate surface area is 252 Å². The fourth-order valence-electron chi connectivity index (χ4n) is 6.52. The van der Waals surface area contributed by atoms with Gasteiger partial charge in [-0.25, -0.2) is 4.68 Å². The van der Waals surface area contributed by atoms with Crippen LogP contribution >= 0.6 is 0 Å². The van der Waals surface area contributed by atoms with E-state index in [0.717, 1.165) is 45.1 Å². The minimum absolute atomic E-state index is 0.0415. The van der Waals surface area contributed by atoms with Gasteiger partial charge in [-0.2, -0.15) is 5.10 Å². The number of carbonyl (C=O) groups excluding carboxylic acids is 1. The van der Waals surface area contributed by atoms with E-state index in [1.165, 1.54) is 5.56 Å². The maximum absolute atomic E-state index is 12.7. The highest BCUT2D eigenvalue weighted by Crippen LogP contribution is 2.52. The van der Waals surface area contributed by atoms with Crippen LogP contribution < -0.4 is 15.0 Å². The Balaban J connectivity index is 1.23. The summed E-state index contributed by atoms with van der Waals surface area (Å²) in [7, 11) is 0. The second-order valence-electron chi connectivity index (χ2n) is 11.6. The van der Waals surface area contributed by atoms with Crippen LogP contribution in [0.4, 0.5) is 5.69 Å². The third-order valence-electron chi connectivity index (χ3n) is 8.79. The predicted molar refractivity (Wildman–Crippen MR) is 172 cm³/mol. The van der Waals surface area contributed by atoms with Gasteiger partial charge >= 0.3 is 0 Å². The number of rotatable bonds is 7. The Morgan fingerprint density at radius 1 is 0.884 bits per heavy atom. The zero-order valence-corrected chi connectivity index (χ0v) is 24.6. The highest BCUT2D eigenvalue weighted by Gasteiger charge is 2.59. The molecule has 3 heterocycles. The molecule has 1 N–H and O–H groups in total. The smallest absolute Gasteiger partial charge is 0.241 e. The molecule has 6 nitrogen and oxygen atoms in total. The molecule has 1 amide bonds. The van der Waals surface area contributed by atoms with E-state index in [1.807, 2.05) is 48.0 Å². The molecule has 0 spiro atoms. The van der Waals surface area contributed by atoms with Crippen LogP contribution in [0.1, 0.15) is 31.9 Å². The molecule has 0 radical (unpaired) electrons. The summed E-state index contributed by atoms with van der Waals surface area (Å²) in [6.07, 6.45) is 6.37. The summed E-state index contributed by atoms with van der Waals surface area (Å²) in [4.78, 5) is 14.9. The van der Waals surface area contributed by atoms with Gasteiger partial charge in [0.25, 0.3) is 0 Å². The fraction of sp³-hybridized carbons (Fsp3) is 0.189. The number of para-hydroxylation sites is 2. The molecule has 1 fully saturated rings. The zero-order chi connectivity index (χ0) is 29.6. The van der Waals surface area contributed by atoms with Crippen molar-refractivity contribution in [2.75, 3.05) is 18.1 Å². The van der Waals surface area contributed by atoms with Crippen LogP contribution in [0, 0.1) is 0 Å². The van der Waals surface area contributed by atoms with E-state index in [1.54, 1.807) is 0 Å². The van der Waals surface area contributed by atoms with Crippen molar-refractivity contribution in [2.24, 2.45) is 0 Å². The Morgan fingerprint density at radius 2 is 1.58 bits per heavy atom. The van der Waals surface area contributed by atoms with E-state index < -0.39 is 5.66 Å². The van der Waals surface area contributed by atoms with Gasteiger partial charge in [0.1, 0.15) is 17.1 Å². The molecule has 43 heavy (non-hydrogen) atoms. The third-order valence-corrected chi connectivity index (χ3v) is 8.79. The maximum atomic E-state index is 12.7. The van der Waals surface area contributed by atoms with E-state index >= 15 is 0 Å². The number of anilines is 1. The molecular formula is C37H34N4O2. The van der Waals surface area contributed by atoms with E-state index in [0.29, 0.717) is 13.2 Å². The van der Waals surface area contributed by atoms with E-state index in [2.05, 4.69) is 109 Å². The van der Waals surface area contributed by atoms with Crippen molar-refractivity contribution in [3.63, 3.8) is 0 Å². The molecule has 6 heteroatoms. The third kappa shape index (κ3) is 4.41. The summed E-state index contributed by atoms with van der Waals surface area (Å²) < 4.78 is 7.60. The van der Waals surface area contributed by atoms with Crippen LogP contribution in [0.3, 0.4) is 0 Å². The average Bonchev–Trinajstić information content (AvgIpc) is 3.68. The minimum Gasteiger partial charge on any atom is -0.494 e. The number of carbonyl (C=O) groups is 1. The molecule has 2 aliphatic rings. The zero-order valence-electron chi connectivity index (χ0n) is 24.6. The van der Waals surface area contributed by atoms with Crippen LogP contribution in [0.2, 0.25) is 0 Å². The van der Waals surface area contributed by atoms with Gasteiger partial charge in [-0.3, -0.25) is 4.79 Å². The minimum atomic E-state index is -0.621. The molecule has 0 unspecified atom stereocenters. The molecule has 4 aromatic carbocycles. The van der Waals surface area contributed by atoms with Gasteiger partial charge in [-0.1, -0.05) is 80.6 Å². The number of hydrogen-bond donors (Lipinski definition) is 1. The lowest BCUT2D eigenvalue weighted by Crippen LogP contribution is -2.58. The lowest BCUT2D eigenvalue weighted by atomic mass is 9.75. The fourth-order valence-corrected chi connectivity index (χ4v) is 6.52. The SMILES string of the molecule is CCOc1ccc(-c2nn(-c3ccccc3)cc2-c2ccc(/C=C/[C@]34NC(=O)CN3c3ccccc3C4(C)C)cc2)cc1. The Hall–Kier alpha value is -5.10. The highest BCUT2D eigenvalue weighted by atomic mass is 16.5. The normalized spacial score (nSPS) is 18.5. The summed E-state index contributed by atoms with van der Waals surface area (Å²) in [6.45, 7) is 7.38. The molecule has 0 aliphatic carbocycles. The summed E-state index contributed by atoms with van der Waals surface area (Å²) in [5.74, 6) is 0.885. The summed E-state index contributed by atoms with van der Waals surface area (Å²) in [5.41, 5.74) is 7.55. The lowest BCUT2D eigenvalue weighted by Gasteiger charge is -2.40. The number of hydrogen-bond acceptors (Lipinski definition) is 4. The Kier molecular flexibility index (Phi) is 6.42. The first-order valence-electron chi connectivity index (χ1n) is 14.8. The number of nitrogens with zero attached hydrogens (tertiary/aromatic N) is 3. The second kappa shape index (κ2) is 10.3. The number of nitrogens with one attached hydrogen (secondary N) is 1. The van der Waals surface area contributed by atoms with Crippen molar-refractivity contribution in [3.05, 3.63) is 127 Å². The first-order chi connectivity index (χ1) is 20.9. The maximum Gasteiger partial charge on any atom is 0.241 e. The average molecular weight is 567 g/mol. The molecule has 2 aliphatic heterocycles. The number of aromatic nitrogens is 2. The summed E-state index contributed by atoms with van der Waals surface area (Å²) in [5, 5.41) is 8.32. The highest BCUT2D eigenvalue weighted by molar-refractivity contribution is 5.91. The molecule has 0 saturated carbocycles. The van der Waals surface area contributed by atoms with Gasteiger partial charge in [0, 0.05) is 28.4 Å². The Morgan fingerprint density at radius 3 is 2.33 bits per heavy atom. The van der Waals surface area contributed by atoms with Crippen molar-refractivity contribution in [2.45, 2.75) is 31.8 Å². The summed E-state index contributed by atoms with van der Waals surface area (Å²) in [6, 6.07) is 35.2. The van der Waals surface area contributed by atoms with Gasteiger partial charge in [-0.05, 0) is 72.2 Å². The molecule has 0 bridgehead atoms. The Bertz CT molecular complexity index is 1820. The second-order valence-corrected chi connectivity index (χ2v) is 11.6. The molecule has 1 saturated heterocycles. The lowest BCUT2D eigenvalue weighted by molar-refractivity contribution is -0.118. The molecule has 1 atom stereocenters. The molecule has 7 rings (SSSR count). The van der Waals surface area contributed by atoms with Crippen molar-refractivity contribution in [1.29, 1.82) is 0 Å². The number of fused-ring (bicyclic) bond motifs is 3. The van der Waals surface area contributed by atoms with Gasteiger partial charge in [0.05, 0.1) is 18.8 Å².